The summed E-state index contributed by atoms with van der Waals surface area (Å²) in [4.78, 5) is 22.7. The molecule has 2 rings (SSSR count). The fourth-order valence-electron chi connectivity index (χ4n) is 2.16. The van der Waals surface area contributed by atoms with E-state index in [1.807, 2.05) is 0 Å². The van der Waals surface area contributed by atoms with E-state index in [4.69, 9.17) is 14.2 Å². The second-order valence-electron chi connectivity index (χ2n) is 5.34. The molecule has 0 bridgehead atoms. The second-order valence-corrected chi connectivity index (χ2v) is 5.34. The molecule has 0 saturated heterocycles. The number of nitrogens with zero attached hydrogens (tertiary/aromatic N) is 1. The normalized spacial score (nSPS) is 10.3. The Kier molecular flexibility index (Phi) is 7.50. The highest BCUT2D eigenvalue weighted by molar-refractivity contribution is 5.96. The predicted octanol–water partition coefficient (Wildman–Crippen LogP) is 3.03. The first-order valence-electron chi connectivity index (χ1n) is 8.08. The second kappa shape index (κ2) is 10.1. The van der Waals surface area contributed by atoms with Crippen molar-refractivity contribution in [2.75, 3.05) is 38.8 Å². The van der Waals surface area contributed by atoms with E-state index in [1.54, 1.807) is 0 Å². The summed E-state index contributed by atoms with van der Waals surface area (Å²) in [5.74, 6) is -0.668. The molecule has 0 fully saturated rings. The van der Waals surface area contributed by atoms with Crippen LogP contribution in [0.3, 0.4) is 0 Å². The molecule has 0 radical (unpaired) electrons. The SMILES string of the molecule is COCCNc1ccc([N+](=O)[O-])cc1C(=O)OCCOc1ccc(F)cc1. The van der Waals surface area contributed by atoms with Crippen LogP contribution in [0.25, 0.3) is 0 Å². The monoisotopic (exact) mass is 378 g/mol. The van der Waals surface area contributed by atoms with Gasteiger partial charge in [0.15, 0.2) is 0 Å². The van der Waals surface area contributed by atoms with Gasteiger partial charge in [0.1, 0.15) is 24.8 Å². The summed E-state index contributed by atoms with van der Waals surface area (Å²) in [7, 11) is 1.54. The third kappa shape index (κ3) is 6.23. The van der Waals surface area contributed by atoms with Gasteiger partial charge in [0.25, 0.3) is 5.69 Å². The number of rotatable bonds is 10. The number of benzene rings is 2. The van der Waals surface area contributed by atoms with Gasteiger partial charge in [-0.2, -0.15) is 0 Å². The number of non-ortho nitro benzene ring substituents is 1. The van der Waals surface area contributed by atoms with E-state index in [1.165, 1.54) is 43.5 Å². The van der Waals surface area contributed by atoms with Crippen LogP contribution in [0, 0.1) is 15.9 Å². The van der Waals surface area contributed by atoms with Gasteiger partial charge < -0.3 is 19.5 Å². The van der Waals surface area contributed by atoms with Gasteiger partial charge in [-0.15, -0.1) is 0 Å². The third-order valence-electron chi connectivity index (χ3n) is 3.45. The summed E-state index contributed by atoms with van der Waals surface area (Å²) in [6.07, 6.45) is 0. The zero-order valence-corrected chi connectivity index (χ0v) is 14.6. The highest BCUT2D eigenvalue weighted by atomic mass is 19.1. The van der Waals surface area contributed by atoms with Crippen LogP contribution in [0.5, 0.6) is 5.75 Å². The van der Waals surface area contributed by atoms with Crippen molar-refractivity contribution >= 4 is 17.3 Å². The van der Waals surface area contributed by atoms with Crippen molar-refractivity contribution in [2.24, 2.45) is 0 Å². The largest absolute Gasteiger partial charge is 0.490 e. The van der Waals surface area contributed by atoms with Gasteiger partial charge in [0.05, 0.1) is 17.1 Å². The van der Waals surface area contributed by atoms with Crippen molar-refractivity contribution in [2.45, 2.75) is 0 Å². The highest BCUT2D eigenvalue weighted by Gasteiger charge is 2.18. The van der Waals surface area contributed by atoms with Crippen LogP contribution in [0.15, 0.2) is 42.5 Å². The predicted molar refractivity (Wildman–Crippen MR) is 95.6 cm³/mol. The van der Waals surface area contributed by atoms with Crippen LogP contribution >= 0.6 is 0 Å². The fourth-order valence-corrected chi connectivity index (χ4v) is 2.16. The van der Waals surface area contributed by atoms with E-state index in [9.17, 15) is 19.3 Å². The summed E-state index contributed by atoms with van der Waals surface area (Å²) in [6, 6.07) is 9.30. The lowest BCUT2D eigenvalue weighted by Crippen LogP contribution is -2.16. The van der Waals surface area contributed by atoms with Crippen LogP contribution in [0.1, 0.15) is 10.4 Å². The minimum atomic E-state index is -0.721. The Morgan fingerprint density at radius 1 is 1.15 bits per heavy atom. The maximum atomic E-state index is 12.8. The van der Waals surface area contributed by atoms with Crippen LogP contribution in [0.2, 0.25) is 0 Å². The first-order valence-corrected chi connectivity index (χ1v) is 8.08. The average Bonchev–Trinajstić information content (AvgIpc) is 2.66. The Hall–Kier alpha value is -3.20. The molecule has 144 valence electrons. The Bertz CT molecular complexity index is 782. The van der Waals surface area contributed by atoms with Crippen molar-refractivity contribution in [1.29, 1.82) is 0 Å². The molecule has 0 atom stereocenters. The Labute approximate surface area is 155 Å². The Morgan fingerprint density at radius 3 is 2.56 bits per heavy atom. The van der Waals surface area contributed by atoms with Gasteiger partial charge in [-0.25, -0.2) is 9.18 Å². The zero-order valence-electron chi connectivity index (χ0n) is 14.6. The minimum absolute atomic E-state index is 0.0436. The molecule has 0 saturated carbocycles. The number of carbonyl (C=O) groups is 1. The fraction of sp³-hybridized carbons (Fsp3) is 0.278. The highest BCUT2D eigenvalue weighted by Crippen LogP contribution is 2.23. The number of nitrogens with one attached hydrogen (secondary N) is 1. The Balaban J connectivity index is 1.96. The van der Waals surface area contributed by atoms with Crippen molar-refractivity contribution < 1.29 is 28.3 Å². The third-order valence-corrected chi connectivity index (χ3v) is 3.45. The number of ether oxygens (including phenoxy) is 3. The molecule has 9 heteroatoms. The topological polar surface area (TPSA) is 99.9 Å². The van der Waals surface area contributed by atoms with Gasteiger partial charge in [0.2, 0.25) is 0 Å². The number of halogens is 1. The molecule has 0 spiro atoms. The molecule has 0 aliphatic carbocycles. The molecule has 8 nitrogen and oxygen atoms in total. The number of hydrogen-bond acceptors (Lipinski definition) is 7. The first kappa shape index (κ1) is 20.1. The number of carbonyl (C=O) groups excluding carboxylic acids is 1. The minimum Gasteiger partial charge on any atom is -0.490 e. The lowest BCUT2D eigenvalue weighted by molar-refractivity contribution is -0.384. The first-order chi connectivity index (χ1) is 13.0. The molecular formula is C18H19FN2O6. The average molecular weight is 378 g/mol. The van der Waals surface area contributed by atoms with E-state index in [0.717, 1.165) is 6.07 Å². The smallest absolute Gasteiger partial charge is 0.340 e. The molecule has 0 aliphatic heterocycles. The van der Waals surface area contributed by atoms with Crippen molar-refractivity contribution in [3.63, 3.8) is 0 Å². The molecule has 0 aromatic heterocycles. The molecule has 1 N–H and O–H groups in total. The van der Waals surface area contributed by atoms with E-state index in [0.29, 0.717) is 24.6 Å². The molecular weight excluding hydrogens is 359 g/mol. The van der Waals surface area contributed by atoms with E-state index >= 15 is 0 Å². The van der Waals surface area contributed by atoms with Crippen molar-refractivity contribution in [3.05, 3.63) is 64.0 Å². The van der Waals surface area contributed by atoms with Crippen LogP contribution in [-0.2, 0) is 9.47 Å². The molecule has 27 heavy (non-hydrogen) atoms. The number of hydrogen-bond donors (Lipinski definition) is 1. The maximum Gasteiger partial charge on any atom is 0.340 e. The van der Waals surface area contributed by atoms with E-state index < -0.39 is 10.9 Å². The maximum absolute atomic E-state index is 12.8. The van der Waals surface area contributed by atoms with Crippen molar-refractivity contribution in [1.82, 2.24) is 0 Å². The standard InChI is InChI=1S/C18H19FN2O6/c1-25-9-8-20-17-7-4-14(21(23)24)12-16(17)18(22)27-11-10-26-15-5-2-13(19)3-6-15/h2-7,12,20H,8-11H2,1H3. The lowest BCUT2D eigenvalue weighted by Gasteiger charge is -2.12. The molecule has 2 aromatic carbocycles. The summed E-state index contributed by atoms with van der Waals surface area (Å²) in [6.45, 7) is 0.800. The summed E-state index contributed by atoms with van der Waals surface area (Å²) in [5, 5.41) is 13.9. The Morgan fingerprint density at radius 2 is 1.89 bits per heavy atom. The lowest BCUT2D eigenvalue weighted by atomic mass is 10.1. The van der Waals surface area contributed by atoms with Crippen LogP contribution in [-0.4, -0.2) is 44.4 Å². The molecule has 0 aliphatic rings. The van der Waals surface area contributed by atoms with E-state index in [2.05, 4.69) is 5.32 Å². The summed E-state index contributed by atoms with van der Waals surface area (Å²) < 4.78 is 28.2. The van der Waals surface area contributed by atoms with Crippen molar-refractivity contribution in [3.8, 4) is 5.75 Å². The quantitative estimate of drug-likeness (QED) is 0.293. The number of anilines is 1. The molecule has 0 amide bonds. The molecule has 0 unspecified atom stereocenters. The number of esters is 1. The van der Waals surface area contributed by atoms with E-state index in [-0.39, 0.29) is 30.3 Å². The van der Waals surface area contributed by atoms with Gasteiger partial charge in [0, 0.05) is 31.5 Å². The van der Waals surface area contributed by atoms with Gasteiger partial charge in [-0.3, -0.25) is 10.1 Å². The van der Waals surface area contributed by atoms with Gasteiger partial charge >= 0.3 is 5.97 Å². The number of methoxy groups -OCH3 is 1. The van der Waals surface area contributed by atoms with Gasteiger partial charge in [-0.05, 0) is 30.3 Å². The van der Waals surface area contributed by atoms with Crippen LogP contribution in [0.4, 0.5) is 15.8 Å². The number of nitro benzene ring substituents is 1. The van der Waals surface area contributed by atoms with Crippen LogP contribution < -0.4 is 10.1 Å². The summed E-state index contributed by atoms with van der Waals surface area (Å²) in [5.41, 5.74) is 0.228. The zero-order chi connectivity index (χ0) is 19.6. The number of nitro groups is 1. The molecule has 0 heterocycles. The summed E-state index contributed by atoms with van der Waals surface area (Å²) >= 11 is 0. The molecule has 2 aromatic rings. The van der Waals surface area contributed by atoms with Gasteiger partial charge in [-0.1, -0.05) is 0 Å².